The van der Waals surface area contributed by atoms with E-state index in [4.69, 9.17) is 0 Å². The maximum atomic E-state index is 11.0. The van der Waals surface area contributed by atoms with Crippen molar-refractivity contribution in [2.75, 3.05) is 14.1 Å². The van der Waals surface area contributed by atoms with Crippen LogP contribution >= 0.6 is 0 Å². The van der Waals surface area contributed by atoms with Gasteiger partial charge in [0.15, 0.2) is 0 Å². The average Bonchev–Trinajstić information content (AvgIpc) is 1.85. The topological polar surface area (TPSA) is 32.3 Å². The molecule has 0 aromatic carbocycles. The highest BCUT2D eigenvalue weighted by molar-refractivity contribution is 5.75. The van der Waals surface area contributed by atoms with Gasteiger partial charge in [-0.25, -0.2) is 5.43 Å². The summed E-state index contributed by atoms with van der Waals surface area (Å²) < 4.78 is 0. The molecule has 0 aliphatic heterocycles. The zero-order valence-corrected chi connectivity index (χ0v) is 7.14. The molecule has 3 nitrogen and oxygen atoms in total. The number of carbonyl (C=O) groups excluding carboxylic acids is 1. The molecule has 10 heavy (non-hydrogen) atoms. The van der Waals surface area contributed by atoms with Gasteiger partial charge in [0.25, 0.3) is 0 Å². The third-order valence-electron chi connectivity index (χ3n) is 1.29. The Hall–Kier alpha value is -0.570. The molecule has 0 rings (SSSR count). The van der Waals surface area contributed by atoms with Crippen molar-refractivity contribution in [2.45, 2.75) is 20.3 Å². The normalized spacial score (nSPS) is 10.1. The third kappa shape index (κ3) is 3.45. The van der Waals surface area contributed by atoms with Gasteiger partial charge in [-0.3, -0.25) is 9.80 Å². The molecule has 0 aromatic heterocycles. The van der Waals surface area contributed by atoms with Crippen LogP contribution in [0.25, 0.3) is 0 Å². The van der Waals surface area contributed by atoms with E-state index in [-0.39, 0.29) is 5.91 Å². The standard InChI is InChI=1S/C7H16N2O/c1-6(2)5-7(10)9(4)8-3/h6,8H,5H2,1-4H3. The molecule has 0 aliphatic carbocycles. The quantitative estimate of drug-likeness (QED) is 0.589. The smallest absolute Gasteiger partial charge is 0.236 e. The molecule has 1 N–H and O–H groups in total. The van der Waals surface area contributed by atoms with Gasteiger partial charge in [-0.1, -0.05) is 13.8 Å². The molecule has 0 saturated heterocycles. The minimum Gasteiger partial charge on any atom is -0.281 e. The first kappa shape index (κ1) is 9.43. The second kappa shape index (κ2) is 4.28. The fourth-order valence-corrected chi connectivity index (χ4v) is 0.611. The Morgan fingerprint density at radius 2 is 2.10 bits per heavy atom. The third-order valence-corrected chi connectivity index (χ3v) is 1.29. The first-order valence-electron chi connectivity index (χ1n) is 3.52. The molecule has 0 atom stereocenters. The Labute approximate surface area is 62.4 Å². The van der Waals surface area contributed by atoms with Crippen LogP contribution in [0.15, 0.2) is 0 Å². The highest BCUT2D eigenvalue weighted by Gasteiger charge is 2.07. The molecule has 0 fully saturated rings. The lowest BCUT2D eigenvalue weighted by Gasteiger charge is -2.15. The molecule has 3 heteroatoms. The van der Waals surface area contributed by atoms with E-state index in [0.29, 0.717) is 12.3 Å². The maximum absolute atomic E-state index is 11.0. The summed E-state index contributed by atoms with van der Waals surface area (Å²) in [4.78, 5) is 11.0. The van der Waals surface area contributed by atoms with Crippen LogP contribution in [0.3, 0.4) is 0 Å². The van der Waals surface area contributed by atoms with Gasteiger partial charge in [0.05, 0.1) is 0 Å². The van der Waals surface area contributed by atoms with Crippen LogP contribution < -0.4 is 5.43 Å². The molecule has 0 bridgehead atoms. The molecule has 0 aliphatic rings. The number of hydrogen-bond acceptors (Lipinski definition) is 2. The fraction of sp³-hybridized carbons (Fsp3) is 0.857. The van der Waals surface area contributed by atoms with Crippen molar-refractivity contribution in [1.82, 2.24) is 10.4 Å². The second-order valence-electron chi connectivity index (χ2n) is 2.77. The van der Waals surface area contributed by atoms with E-state index in [1.165, 1.54) is 5.01 Å². The second-order valence-corrected chi connectivity index (χ2v) is 2.77. The van der Waals surface area contributed by atoms with Crippen molar-refractivity contribution >= 4 is 5.91 Å². The van der Waals surface area contributed by atoms with Gasteiger partial charge in [0.1, 0.15) is 0 Å². The molecule has 0 spiro atoms. The first-order valence-corrected chi connectivity index (χ1v) is 3.52. The largest absolute Gasteiger partial charge is 0.281 e. The Kier molecular flexibility index (Phi) is 4.03. The number of rotatable bonds is 3. The summed E-state index contributed by atoms with van der Waals surface area (Å²) in [6, 6.07) is 0. The van der Waals surface area contributed by atoms with Crippen LogP contribution in [0.1, 0.15) is 20.3 Å². The van der Waals surface area contributed by atoms with Crippen molar-refractivity contribution in [3.63, 3.8) is 0 Å². The van der Waals surface area contributed by atoms with Gasteiger partial charge >= 0.3 is 0 Å². The van der Waals surface area contributed by atoms with Crippen molar-refractivity contribution in [3.8, 4) is 0 Å². The zero-order valence-electron chi connectivity index (χ0n) is 7.14. The van der Waals surface area contributed by atoms with Crippen molar-refractivity contribution < 1.29 is 4.79 Å². The van der Waals surface area contributed by atoms with Crippen LogP contribution in [0, 0.1) is 5.92 Å². The van der Waals surface area contributed by atoms with Crippen LogP contribution in [-0.4, -0.2) is 25.0 Å². The van der Waals surface area contributed by atoms with Crippen LogP contribution in [0.4, 0.5) is 0 Å². The lowest BCUT2D eigenvalue weighted by atomic mass is 10.1. The lowest BCUT2D eigenvalue weighted by molar-refractivity contribution is -0.133. The number of amides is 1. The number of hydrogen-bond donors (Lipinski definition) is 1. The highest BCUT2D eigenvalue weighted by atomic mass is 16.2. The first-order chi connectivity index (χ1) is 4.57. The van der Waals surface area contributed by atoms with E-state index in [1.807, 2.05) is 13.8 Å². The molecular weight excluding hydrogens is 128 g/mol. The zero-order chi connectivity index (χ0) is 8.15. The Bertz CT molecular complexity index is 112. The van der Waals surface area contributed by atoms with Gasteiger partial charge in [-0.05, 0) is 5.92 Å². The van der Waals surface area contributed by atoms with Crippen LogP contribution in [-0.2, 0) is 4.79 Å². The Balaban J connectivity index is 3.62. The monoisotopic (exact) mass is 144 g/mol. The number of carbonyl (C=O) groups is 1. The van der Waals surface area contributed by atoms with Gasteiger partial charge in [0, 0.05) is 20.5 Å². The minimum atomic E-state index is 0.137. The highest BCUT2D eigenvalue weighted by Crippen LogP contribution is 2.00. The van der Waals surface area contributed by atoms with Crippen LogP contribution in [0.5, 0.6) is 0 Å². The fourth-order valence-electron chi connectivity index (χ4n) is 0.611. The number of nitrogens with one attached hydrogen (secondary N) is 1. The van der Waals surface area contributed by atoms with E-state index in [0.717, 1.165) is 0 Å². The van der Waals surface area contributed by atoms with Crippen LogP contribution in [0.2, 0.25) is 0 Å². The molecule has 0 aromatic rings. The van der Waals surface area contributed by atoms with Gasteiger partial charge in [-0.2, -0.15) is 0 Å². The predicted octanol–water partition coefficient (Wildman–Crippen LogP) is 0.625. The summed E-state index contributed by atoms with van der Waals surface area (Å²) in [5, 5.41) is 1.50. The Morgan fingerprint density at radius 1 is 1.60 bits per heavy atom. The van der Waals surface area contributed by atoms with Crippen molar-refractivity contribution in [1.29, 1.82) is 0 Å². The van der Waals surface area contributed by atoms with E-state index < -0.39 is 0 Å². The minimum absolute atomic E-state index is 0.137. The summed E-state index contributed by atoms with van der Waals surface area (Å²) in [6.07, 6.45) is 0.608. The summed E-state index contributed by atoms with van der Waals surface area (Å²) in [7, 11) is 3.46. The molecule has 60 valence electrons. The SMILES string of the molecule is CNN(C)C(=O)CC(C)C. The van der Waals surface area contributed by atoms with E-state index in [2.05, 4.69) is 5.43 Å². The summed E-state index contributed by atoms with van der Waals surface area (Å²) >= 11 is 0. The molecule has 0 unspecified atom stereocenters. The number of nitrogens with zero attached hydrogens (tertiary/aromatic N) is 1. The van der Waals surface area contributed by atoms with Gasteiger partial charge in [0.2, 0.25) is 5.91 Å². The molecular formula is C7H16N2O. The van der Waals surface area contributed by atoms with Gasteiger partial charge < -0.3 is 0 Å². The summed E-state index contributed by atoms with van der Waals surface area (Å²) in [6.45, 7) is 4.06. The number of hydrazine groups is 1. The van der Waals surface area contributed by atoms with E-state index in [1.54, 1.807) is 14.1 Å². The summed E-state index contributed by atoms with van der Waals surface area (Å²) in [5.41, 5.74) is 2.75. The predicted molar refractivity (Wildman–Crippen MR) is 41.3 cm³/mol. The van der Waals surface area contributed by atoms with E-state index >= 15 is 0 Å². The Morgan fingerprint density at radius 3 is 2.40 bits per heavy atom. The molecule has 0 radical (unpaired) electrons. The molecule has 1 amide bonds. The van der Waals surface area contributed by atoms with Crippen molar-refractivity contribution in [3.05, 3.63) is 0 Å². The molecule has 0 saturated carbocycles. The average molecular weight is 144 g/mol. The van der Waals surface area contributed by atoms with E-state index in [9.17, 15) is 4.79 Å². The molecule has 0 heterocycles. The van der Waals surface area contributed by atoms with Gasteiger partial charge in [-0.15, -0.1) is 0 Å². The summed E-state index contributed by atoms with van der Waals surface area (Å²) in [5.74, 6) is 0.570. The maximum Gasteiger partial charge on any atom is 0.236 e. The van der Waals surface area contributed by atoms with Crippen molar-refractivity contribution in [2.24, 2.45) is 5.92 Å². The lowest BCUT2D eigenvalue weighted by Crippen LogP contribution is -2.37.